The van der Waals surface area contributed by atoms with Gasteiger partial charge in [0.25, 0.3) is 6.79 Å². The molecule has 0 saturated heterocycles. The standard InChI is InChI=1S/C9H18O2/c1-8(2,3)10-7-11-9(4,5)6/h1-6H3. The SMILES string of the molecule is CC(C)(C)O[C]OC(C)(C)C. The Labute approximate surface area is 69.9 Å². The van der Waals surface area contributed by atoms with Crippen LogP contribution in [-0.4, -0.2) is 11.2 Å². The van der Waals surface area contributed by atoms with E-state index >= 15 is 0 Å². The second kappa shape index (κ2) is 3.55. The highest BCUT2D eigenvalue weighted by Gasteiger charge is 2.16. The lowest BCUT2D eigenvalue weighted by Crippen LogP contribution is -2.23. The third-order valence-corrected chi connectivity index (χ3v) is 0.696. The van der Waals surface area contributed by atoms with Gasteiger partial charge in [0.15, 0.2) is 0 Å². The lowest BCUT2D eigenvalue weighted by Gasteiger charge is -2.22. The first-order valence-corrected chi connectivity index (χ1v) is 3.82. The Morgan fingerprint density at radius 3 is 1.18 bits per heavy atom. The first kappa shape index (κ1) is 10.9. The molecule has 2 heteroatoms. The molecule has 0 aliphatic carbocycles. The molecule has 0 aromatic carbocycles. The molecule has 0 aromatic rings. The van der Waals surface area contributed by atoms with Gasteiger partial charge < -0.3 is 9.47 Å². The molecule has 0 aliphatic rings. The second-order valence-electron chi connectivity index (χ2n) is 4.51. The number of hydrogen-bond acceptors (Lipinski definition) is 2. The molecular weight excluding hydrogens is 140 g/mol. The van der Waals surface area contributed by atoms with Gasteiger partial charge in [0.05, 0.1) is 11.2 Å². The van der Waals surface area contributed by atoms with Crippen LogP contribution in [0.4, 0.5) is 0 Å². The van der Waals surface area contributed by atoms with Crippen molar-refractivity contribution in [3.8, 4) is 0 Å². The molecule has 0 aliphatic heterocycles. The zero-order chi connectivity index (χ0) is 9.12. The molecular formula is C9H18O2. The third kappa shape index (κ3) is 9.92. The zero-order valence-corrected chi connectivity index (χ0v) is 8.32. The molecule has 0 saturated carbocycles. The van der Waals surface area contributed by atoms with Gasteiger partial charge in [-0.05, 0) is 41.5 Å². The Kier molecular flexibility index (Phi) is 3.52. The average Bonchev–Trinajstić information content (AvgIpc) is 1.55. The minimum absolute atomic E-state index is 0.217. The van der Waals surface area contributed by atoms with E-state index in [1.165, 1.54) is 0 Å². The monoisotopic (exact) mass is 158 g/mol. The number of rotatable bonds is 2. The number of hydrogen-bond donors (Lipinski definition) is 0. The summed E-state index contributed by atoms with van der Waals surface area (Å²) >= 11 is 0. The summed E-state index contributed by atoms with van der Waals surface area (Å²) in [5.41, 5.74) is -0.434. The molecule has 0 N–H and O–H groups in total. The molecule has 66 valence electrons. The average molecular weight is 158 g/mol. The predicted octanol–water partition coefficient (Wildman–Crippen LogP) is 2.61. The van der Waals surface area contributed by atoms with Gasteiger partial charge in [-0.15, -0.1) is 0 Å². The van der Waals surface area contributed by atoms with E-state index in [1.807, 2.05) is 41.5 Å². The van der Waals surface area contributed by atoms with Gasteiger partial charge in [-0.1, -0.05) is 0 Å². The maximum atomic E-state index is 5.13. The van der Waals surface area contributed by atoms with Gasteiger partial charge in [-0.3, -0.25) is 0 Å². The second-order valence-corrected chi connectivity index (χ2v) is 4.51. The maximum Gasteiger partial charge on any atom is 0.293 e. The maximum absolute atomic E-state index is 5.13. The fourth-order valence-electron chi connectivity index (χ4n) is 0.271. The van der Waals surface area contributed by atoms with Crippen molar-refractivity contribution in [1.82, 2.24) is 0 Å². The summed E-state index contributed by atoms with van der Waals surface area (Å²) in [5, 5.41) is 0. The normalized spacial score (nSPS) is 13.6. The van der Waals surface area contributed by atoms with Crippen LogP contribution in [-0.2, 0) is 9.47 Å². The smallest absolute Gasteiger partial charge is 0.293 e. The van der Waals surface area contributed by atoms with Crippen molar-refractivity contribution in [3.63, 3.8) is 0 Å². The molecule has 11 heavy (non-hydrogen) atoms. The van der Waals surface area contributed by atoms with E-state index in [0.717, 1.165) is 0 Å². The van der Waals surface area contributed by atoms with Gasteiger partial charge in [-0.25, -0.2) is 0 Å². The van der Waals surface area contributed by atoms with Crippen molar-refractivity contribution in [2.45, 2.75) is 52.7 Å². The van der Waals surface area contributed by atoms with E-state index in [2.05, 4.69) is 6.79 Å². The van der Waals surface area contributed by atoms with E-state index < -0.39 is 0 Å². The van der Waals surface area contributed by atoms with E-state index in [0.29, 0.717) is 0 Å². The third-order valence-electron chi connectivity index (χ3n) is 0.696. The first-order valence-electron chi connectivity index (χ1n) is 3.82. The highest BCUT2D eigenvalue weighted by atomic mass is 16.7. The molecule has 0 aromatic heterocycles. The van der Waals surface area contributed by atoms with E-state index in [-0.39, 0.29) is 11.2 Å². The summed E-state index contributed by atoms with van der Waals surface area (Å²) in [4.78, 5) is 0. The molecule has 0 spiro atoms. The summed E-state index contributed by atoms with van der Waals surface area (Å²) in [5.74, 6) is 0. The van der Waals surface area contributed by atoms with E-state index in [9.17, 15) is 0 Å². The molecule has 0 fully saturated rings. The first-order chi connectivity index (χ1) is 4.71. The summed E-state index contributed by atoms with van der Waals surface area (Å²) < 4.78 is 10.3. The van der Waals surface area contributed by atoms with Gasteiger partial charge in [0.2, 0.25) is 0 Å². The molecule has 2 radical (unpaired) electrons. The van der Waals surface area contributed by atoms with Gasteiger partial charge in [0, 0.05) is 0 Å². The molecule has 0 atom stereocenters. The van der Waals surface area contributed by atoms with Crippen molar-refractivity contribution >= 4 is 0 Å². The molecule has 0 heterocycles. The summed E-state index contributed by atoms with van der Waals surface area (Å²) in [6, 6.07) is 0. The van der Waals surface area contributed by atoms with Crippen molar-refractivity contribution in [1.29, 1.82) is 0 Å². The molecule has 0 amide bonds. The molecule has 2 nitrogen and oxygen atoms in total. The highest BCUT2D eigenvalue weighted by molar-refractivity contribution is 4.63. The summed E-state index contributed by atoms with van der Waals surface area (Å²) in [6.07, 6.45) is 0. The van der Waals surface area contributed by atoms with Crippen LogP contribution in [0.25, 0.3) is 0 Å². The molecule has 0 rings (SSSR count). The van der Waals surface area contributed by atoms with E-state index in [1.54, 1.807) is 0 Å². The van der Waals surface area contributed by atoms with Crippen molar-refractivity contribution in [2.75, 3.05) is 0 Å². The number of ether oxygens (including phenoxy) is 2. The van der Waals surface area contributed by atoms with Crippen LogP contribution in [0.2, 0.25) is 0 Å². The zero-order valence-electron chi connectivity index (χ0n) is 8.32. The quantitative estimate of drug-likeness (QED) is 0.615. The Morgan fingerprint density at radius 2 is 1.00 bits per heavy atom. The van der Waals surface area contributed by atoms with Crippen LogP contribution in [0.1, 0.15) is 41.5 Å². The lowest BCUT2D eigenvalue weighted by atomic mass is 10.2. The Morgan fingerprint density at radius 1 is 0.727 bits per heavy atom. The topological polar surface area (TPSA) is 18.5 Å². The van der Waals surface area contributed by atoms with Crippen LogP contribution in [0, 0.1) is 6.79 Å². The van der Waals surface area contributed by atoms with Crippen LogP contribution in [0.3, 0.4) is 0 Å². The van der Waals surface area contributed by atoms with Crippen LogP contribution in [0.5, 0.6) is 0 Å². The Hall–Kier alpha value is -0.0800. The van der Waals surface area contributed by atoms with Crippen LogP contribution >= 0.6 is 0 Å². The van der Waals surface area contributed by atoms with Gasteiger partial charge in [-0.2, -0.15) is 0 Å². The minimum atomic E-state index is -0.217. The van der Waals surface area contributed by atoms with Gasteiger partial charge in [0.1, 0.15) is 0 Å². The van der Waals surface area contributed by atoms with Crippen molar-refractivity contribution in [3.05, 3.63) is 6.79 Å². The predicted molar refractivity (Wildman–Crippen MR) is 44.9 cm³/mol. The lowest BCUT2D eigenvalue weighted by molar-refractivity contribution is -0.104. The fourth-order valence-corrected chi connectivity index (χ4v) is 0.271. The Balaban J connectivity index is 3.44. The van der Waals surface area contributed by atoms with Gasteiger partial charge >= 0.3 is 0 Å². The largest absolute Gasteiger partial charge is 0.335 e. The van der Waals surface area contributed by atoms with Crippen LogP contribution in [0.15, 0.2) is 0 Å². The molecule has 0 bridgehead atoms. The molecule has 0 unspecified atom stereocenters. The fraction of sp³-hybridized carbons (Fsp3) is 0.889. The van der Waals surface area contributed by atoms with Crippen molar-refractivity contribution < 1.29 is 9.47 Å². The Bertz CT molecular complexity index is 91.7. The summed E-state index contributed by atoms with van der Waals surface area (Å²) in [7, 11) is 0. The summed E-state index contributed by atoms with van der Waals surface area (Å²) in [6.45, 7) is 14.2. The van der Waals surface area contributed by atoms with Crippen LogP contribution < -0.4 is 0 Å². The van der Waals surface area contributed by atoms with E-state index in [4.69, 9.17) is 9.47 Å². The van der Waals surface area contributed by atoms with Crippen molar-refractivity contribution in [2.24, 2.45) is 0 Å². The highest BCUT2D eigenvalue weighted by Crippen LogP contribution is 2.13. The minimum Gasteiger partial charge on any atom is -0.335 e.